The van der Waals surface area contributed by atoms with Gasteiger partial charge in [0.1, 0.15) is 0 Å². The van der Waals surface area contributed by atoms with Gasteiger partial charge in [0.25, 0.3) is 0 Å². The van der Waals surface area contributed by atoms with Gasteiger partial charge >= 0.3 is 5.97 Å². The third-order valence-electron chi connectivity index (χ3n) is 5.16. The summed E-state index contributed by atoms with van der Waals surface area (Å²) in [6, 6.07) is 3.61. The van der Waals surface area contributed by atoms with Crippen molar-refractivity contribution >= 4 is 5.97 Å². The van der Waals surface area contributed by atoms with E-state index in [0.717, 1.165) is 18.4 Å². The predicted molar refractivity (Wildman–Crippen MR) is 97.0 cm³/mol. The highest BCUT2D eigenvalue weighted by Gasteiger charge is 2.47. The van der Waals surface area contributed by atoms with Crippen LogP contribution >= 0.6 is 0 Å². The number of aryl methyl sites for hydroxylation is 1. The Morgan fingerprint density at radius 1 is 1.12 bits per heavy atom. The predicted octanol–water partition coefficient (Wildman–Crippen LogP) is 4.90. The van der Waals surface area contributed by atoms with E-state index >= 15 is 0 Å². The Bertz CT molecular complexity index is 687. The number of carbonyl (C=O) groups excluding carboxylic acids is 1. The molecule has 1 aromatic carbocycles. The minimum Gasteiger partial charge on any atom is -0.462 e. The lowest BCUT2D eigenvalue weighted by Gasteiger charge is -2.08. The van der Waals surface area contributed by atoms with Gasteiger partial charge in [-0.2, -0.15) is 0 Å². The first-order valence-corrected chi connectivity index (χ1v) is 9.24. The number of benzene rings is 1. The van der Waals surface area contributed by atoms with Gasteiger partial charge in [-0.1, -0.05) is 31.9 Å². The molecule has 4 nitrogen and oxygen atoms in total. The number of carbonyl (C=O) groups is 1. The second kappa shape index (κ2) is 7.11. The van der Waals surface area contributed by atoms with Crippen molar-refractivity contribution in [3.05, 3.63) is 34.9 Å². The monoisotopic (exact) mass is 344 g/mol. The quantitative estimate of drug-likeness (QED) is 0.544. The summed E-state index contributed by atoms with van der Waals surface area (Å²) < 4.78 is 17.0. The molecule has 4 unspecified atom stereocenters. The van der Waals surface area contributed by atoms with Crippen molar-refractivity contribution in [1.29, 1.82) is 0 Å². The fourth-order valence-electron chi connectivity index (χ4n) is 3.71. The molecule has 0 saturated heterocycles. The lowest BCUT2D eigenvalue weighted by Crippen LogP contribution is -2.15. The molecule has 1 aliphatic carbocycles. The maximum Gasteiger partial charge on any atom is 0.338 e. The molecule has 3 rings (SSSR count). The molecule has 0 amide bonds. The molecular weight excluding hydrogens is 316 g/mol. The van der Waals surface area contributed by atoms with Crippen LogP contribution in [0.3, 0.4) is 0 Å². The highest BCUT2D eigenvalue weighted by Crippen LogP contribution is 2.50. The number of esters is 1. The lowest BCUT2D eigenvalue weighted by atomic mass is 10.1. The summed E-state index contributed by atoms with van der Waals surface area (Å²) in [6.07, 6.45) is 3.93. The van der Waals surface area contributed by atoms with E-state index in [9.17, 15) is 4.79 Å². The zero-order valence-corrected chi connectivity index (χ0v) is 15.8. The molecule has 136 valence electrons. The second-order valence-corrected chi connectivity index (χ2v) is 7.34. The van der Waals surface area contributed by atoms with Crippen LogP contribution in [0.5, 0.6) is 11.5 Å². The number of hydrogen-bond donors (Lipinski definition) is 0. The zero-order chi connectivity index (χ0) is 18.1. The van der Waals surface area contributed by atoms with Gasteiger partial charge in [-0.25, -0.2) is 4.79 Å². The van der Waals surface area contributed by atoms with Crippen LogP contribution in [0, 0.1) is 24.7 Å². The molecule has 1 aromatic rings. The van der Waals surface area contributed by atoms with Gasteiger partial charge in [-0.05, 0) is 50.3 Å². The SMILES string of the molecule is CCC1Oc2cc(C)c(C(=O)OCC3C(C=C(C)C)C3CC)cc2O1. The van der Waals surface area contributed by atoms with Gasteiger partial charge in [0, 0.05) is 12.3 Å². The fraction of sp³-hybridized carbons (Fsp3) is 0.571. The molecule has 1 heterocycles. The van der Waals surface area contributed by atoms with Gasteiger partial charge in [-0.3, -0.25) is 0 Å². The van der Waals surface area contributed by atoms with Gasteiger partial charge < -0.3 is 14.2 Å². The summed E-state index contributed by atoms with van der Waals surface area (Å²) in [4.78, 5) is 12.5. The molecule has 0 radical (unpaired) electrons. The van der Waals surface area contributed by atoms with E-state index in [2.05, 4.69) is 26.8 Å². The Morgan fingerprint density at radius 2 is 1.80 bits per heavy atom. The van der Waals surface area contributed by atoms with Crippen LogP contribution in [-0.2, 0) is 4.74 Å². The summed E-state index contributed by atoms with van der Waals surface area (Å²) in [5.41, 5.74) is 2.74. The average molecular weight is 344 g/mol. The first-order chi connectivity index (χ1) is 11.9. The van der Waals surface area contributed by atoms with Crippen LogP contribution in [0.4, 0.5) is 0 Å². The largest absolute Gasteiger partial charge is 0.462 e. The molecule has 1 saturated carbocycles. The highest BCUT2D eigenvalue weighted by molar-refractivity contribution is 5.92. The van der Waals surface area contributed by atoms with Crippen molar-refractivity contribution in [3.63, 3.8) is 0 Å². The van der Waals surface area contributed by atoms with Crippen molar-refractivity contribution in [1.82, 2.24) is 0 Å². The van der Waals surface area contributed by atoms with Crippen molar-refractivity contribution in [2.24, 2.45) is 17.8 Å². The molecule has 0 spiro atoms. The Labute approximate surface area is 150 Å². The molecule has 1 aliphatic heterocycles. The van der Waals surface area contributed by atoms with E-state index in [4.69, 9.17) is 14.2 Å². The number of allylic oxidation sites excluding steroid dienone is 2. The molecule has 0 N–H and O–H groups in total. The van der Waals surface area contributed by atoms with Crippen LogP contribution in [0.1, 0.15) is 56.5 Å². The van der Waals surface area contributed by atoms with Crippen molar-refractivity contribution in [3.8, 4) is 11.5 Å². The highest BCUT2D eigenvalue weighted by atomic mass is 16.7. The first-order valence-electron chi connectivity index (χ1n) is 9.24. The number of hydrogen-bond acceptors (Lipinski definition) is 4. The molecular formula is C21H28O4. The number of fused-ring (bicyclic) bond motifs is 1. The molecule has 0 aromatic heterocycles. The Hall–Kier alpha value is -1.97. The van der Waals surface area contributed by atoms with Crippen molar-refractivity contribution in [2.45, 2.75) is 53.8 Å². The maximum absolute atomic E-state index is 12.5. The molecule has 25 heavy (non-hydrogen) atoms. The number of ether oxygens (including phenoxy) is 3. The third kappa shape index (κ3) is 3.68. The van der Waals surface area contributed by atoms with Gasteiger partial charge in [0.05, 0.1) is 12.2 Å². The second-order valence-electron chi connectivity index (χ2n) is 7.34. The maximum atomic E-state index is 12.5. The van der Waals surface area contributed by atoms with Crippen LogP contribution in [0.25, 0.3) is 0 Å². The summed E-state index contributed by atoms with van der Waals surface area (Å²) in [7, 11) is 0. The minimum atomic E-state index is -0.276. The van der Waals surface area contributed by atoms with Gasteiger partial charge in [0.15, 0.2) is 11.5 Å². The van der Waals surface area contributed by atoms with Crippen molar-refractivity contribution in [2.75, 3.05) is 6.61 Å². The molecule has 0 bridgehead atoms. The van der Waals surface area contributed by atoms with E-state index in [1.54, 1.807) is 6.07 Å². The van der Waals surface area contributed by atoms with E-state index < -0.39 is 0 Å². The lowest BCUT2D eigenvalue weighted by molar-refractivity contribution is 0.0451. The molecule has 4 atom stereocenters. The summed E-state index contributed by atoms with van der Waals surface area (Å²) in [5, 5.41) is 0. The van der Waals surface area contributed by atoms with E-state index in [0.29, 0.717) is 41.4 Å². The first kappa shape index (κ1) is 17.8. The zero-order valence-electron chi connectivity index (χ0n) is 15.8. The van der Waals surface area contributed by atoms with E-state index in [-0.39, 0.29) is 12.3 Å². The summed E-state index contributed by atoms with van der Waals surface area (Å²) in [6.45, 7) is 10.8. The fourth-order valence-corrected chi connectivity index (χ4v) is 3.71. The van der Waals surface area contributed by atoms with Crippen LogP contribution < -0.4 is 9.47 Å². The topological polar surface area (TPSA) is 44.8 Å². The normalized spacial score (nSPS) is 26.3. The molecule has 4 heteroatoms. The Kier molecular flexibility index (Phi) is 5.07. The van der Waals surface area contributed by atoms with Crippen molar-refractivity contribution < 1.29 is 19.0 Å². The summed E-state index contributed by atoms with van der Waals surface area (Å²) >= 11 is 0. The van der Waals surface area contributed by atoms with Gasteiger partial charge in [0.2, 0.25) is 6.29 Å². The number of rotatable bonds is 6. The molecule has 1 fully saturated rings. The summed E-state index contributed by atoms with van der Waals surface area (Å²) in [5.74, 6) is 2.68. The Morgan fingerprint density at radius 3 is 2.40 bits per heavy atom. The minimum absolute atomic E-state index is 0.262. The Balaban J connectivity index is 1.64. The third-order valence-corrected chi connectivity index (χ3v) is 5.16. The average Bonchev–Trinajstić information content (AvgIpc) is 3.05. The van der Waals surface area contributed by atoms with Crippen LogP contribution in [0.15, 0.2) is 23.8 Å². The van der Waals surface area contributed by atoms with E-state index in [1.165, 1.54) is 5.57 Å². The van der Waals surface area contributed by atoms with Gasteiger partial charge in [-0.15, -0.1) is 0 Å². The van der Waals surface area contributed by atoms with Crippen LogP contribution in [0.2, 0.25) is 0 Å². The molecule has 2 aliphatic rings. The van der Waals surface area contributed by atoms with E-state index in [1.807, 2.05) is 19.9 Å². The standard InChI is InChI=1S/C21H28O4/c1-6-14-16(8-12(3)4)17(14)11-23-21(22)15-10-19-18(9-13(15)5)24-20(7-2)25-19/h8-10,14,16-17,20H,6-7,11H2,1-5H3. The smallest absolute Gasteiger partial charge is 0.338 e. The van der Waals surface area contributed by atoms with Crippen LogP contribution in [-0.4, -0.2) is 18.9 Å².